The van der Waals surface area contributed by atoms with Gasteiger partial charge in [0.2, 0.25) is 0 Å². The molecule has 0 N–H and O–H groups in total. The molecule has 3 rings (SSSR count). The average Bonchev–Trinajstić information content (AvgIpc) is 2.67. The van der Waals surface area contributed by atoms with Crippen LogP contribution in [0, 0.1) is 41.5 Å². The number of aliphatic imine (C=N–C) groups is 2. The number of halogens is 2. The topological polar surface area (TPSA) is 37.6 Å². The van der Waals surface area contributed by atoms with Crippen LogP contribution in [0.15, 0.2) is 52.4 Å². The van der Waals surface area contributed by atoms with E-state index in [0.717, 1.165) is 22.8 Å². The molecule has 0 spiro atoms. The molecule has 0 amide bonds. The van der Waals surface area contributed by atoms with E-state index in [1.807, 2.05) is 30.6 Å². The third kappa shape index (κ3) is 8.08. The van der Waals surface area contributed by atoms with Crippen molar-refractivity contribution >= 4 is 64.5 Å². The van der Waals surface area contributed by atoms with Gasteiger partial charge >= 0.3 is 49.1 Å². The summed E-state index contributed by atoms with van der Waals surface area (Å²) in [5, 5.41) is 0. The van der Waals surface area contributed by atoms with E-state index in [1.165, 1.54) is 41.8 Å². The van der Waals surface area contributed by atoms with Crippen LogP contribution in [-0.2, 0) is 8.46 Å². The summed E-state index contributed by atoms with van der Waals surface area (Å²) in [7, 11) is 1.19. The second-order valence-corrected chi connectivity index (χ2v) is 16.9. The van der Waals surface area contributed by atoms with Crippen LogP contribution in [0.4, 0.5) is 11.4 Å². The fourth-order valence-electron chi connectivity index (χ4n) is 3.63. The van der Waals surface area contributed by atoms with Gasteiger partial charge in [-0.15, -0.1) is 0 Å². The van der Waals surface area contributed by atoms with E-state index in [4.69, 9.17) is 0 Å². The standard InChI is InChI=1S/C25H27N3.Fe.2HI/c1-16-10-18(3)24(19(4)11-16)26-14-22-8-7-9-23(28-22)15-27-25-20(5)12-17(2)13-21(25)6;;;/h7-15H,1-6H3;;2*1H/q;+2;;/p-2. The quantitative estimate of drug-likeness (QED) is 0.156. The average molecular weight is 679 g/mol. The van der Waals surface area contributed by atoms with E-state index in [2.05, 4.69) is 121 Å². The number of rotatable bonds is 4. The molecule has 0 unspecified atom stereocenters. The number of nitrogens with zero attached hydrogens (tertiary/aromatic N) is 3. The fraction of sp³-hybridized carbons (Fsp3) is 0.240. The molecule has 31 heavy (non-hydrogen) atoms. The first-order valence-corrected chi connectivity index (χ1v) is 16.9. The van der Waals surface area contributed by atoms with E-state index in [0.29, 0.717) is 0 Å². The Bertz CT molecular complexity index is 979. The van der Waals surface area contributed by atoms with Crippen molar-refractivity contribution in [3.05, 3.63) is 87.2 Å². The van der Waals surface area contributed by atoms with Crippen molar-refractivity contribution in [1.29, 1.82) is 0 Å². The summed E-state index contributed by atoms with van der Waals surface area (Å²) in [6.45, 7) is 12.6. The van der Waals surface area contributed by atoms with Crippen LogP contribution in [0.2, 0.25) is 0 Å². The van der Waals surface area contributed by atoms with Gasteiger partial charge in [0.05, 0.1) is 35.2 Å². The molecule has 0 atom stereocenters. The van der Waals surface area contributed by atoms with Gasteiger partial charge in [-0.25, -0.2) is 4.98 Å². The molecule has 3 aromatic rings. The molecule has 2 aromatic carbocycles. The van der Waals surface area contributed by atoms with Crippen LogP contribution < -0.4 is 0 Å². The molecule has 0 saturated heterocycles. The first-order valence-electron chi connectivity index (χ1n) is 9.81. The van der Waals surface area contributed by atoms with E-state index < -0.39 is 0 Å². The molecule has 6 heteroatoms. The van der Waals surface area contributed by atoms with Crippen LogP contribution in [0.25, 0.3) is 0 Å². The van der Waals surface area contributed by atoms with Crippen LogP contribution >= 0.6 is 40.7 Å². The molecule has 1 heterocycles. The Morgan fingerprint density at radius 2 is 1.00 bits per heavy atom. The molecule has 3 nitrogen and oxygen atoms in total. The number of pyridine rings is 1. The second-order valence-electron chi connectivity index (χ2n) is 7.55. The van der Waals surface area contributed by atoms with Gasteiger partial charge in [0.1, 0.15) is 0 Å². The van der Waals surface area contributed by atoms with Crippen molar-refractivity contribution in [2.24, 2.45) is 9.98 Å². The van der Waals surface area contributed by atoms with Crippen molar-refractivity contribution in [2.45, 2.75) is 41.5 Å². The Labute approximate surface area is 214 Å². The normalized spacial score (nSPS) is 11.2. The van der Waals surface area contributed by atoms with Gasteiger partial charge in [0.25, 0.3) is 0 Å². The van der Waals surface area contributed by atoms with Crippen molar-refractivity contribution < 1.29 is 8.46 Å². The van der Waals surface area contributed by atoms with Crippen LogP contribution in [0.3, 0.4) is 0 Å². The van der Waals surface area contributed by atoms with E-state index in [-0.39, 0.29) is 0 Å². The third-order valence-corrected chi connectivity index (χ3v) is 4.71. The van der Waals surface area contributed by atoms with Gasteiger partial charge in [0, 0.05) is 0 Å². The Hall–Kier alpha value is -1.09. The summed E-state index contributed by atoms with van der Waals surface area (Å²) in [5.41, 5.74) is 10.9. The molecule has 0 saturated carbocycles. The van der Waals surface area contributed by atoms with Gasteiger partial charge in [0.15, 0.2) is 0 Å². The molecular formula is C25H27FeI2N3. The zero-order valence-corrected chi connectivity index (χ0v) is 24.1. The molecule has 0 aliphatic rings. The number of aryl methyl sites for hydroxylation is 6. The summed E-state index contributed by atoms with van der Waals surface area (Å²) < 4.78 is 0. The number of aromatic nitrogens is 1. The zero-order valence-electron chi connectivity index (χ0n) is 18.6. The van der Waals surface area contributed by atoms with Crippen LogP contribution in [0.5, 0.6) is 0 Å². The Morgan fingerprint density at radius 1 is 0.677 bits per heavy atom. The van der Waals surface area contributed by atoms with Crippen LogP contribution in [0.1, 0.15) is 44.8 Å². The predicted octanol–water partition coefficient (Wildman–Crippen LogP) is 8.20. The first-order chi connectivity index (χ1) is 14.7. The van der Waals surface area contributed by atoms with Crippen molar-refractivity contribution in [2.75, 3.05) is 0 Å². The van der Waals surface area contributed by atoms with E-state index in [1.54, 1.807) is 0 Å². The molecule has 0 aliphatic heterocycles. The third-order valence-electron chi connectivity index (χ3n) is 4.71. The minimum absolute atomic E-state index is 0.820. The van der Waals surface area contributed by atoms with Crippen LogP contribution in [-0.4, -0.2) is 17.4 Å². The van der Waals surface area contributed by atoms with Gasteiger partial charge in [-0.3, -0.25) is 9.98 Å². The maximum absolute atomic E-state index is 4.68. The van der Waals surface area contributed by atoms with Crippen molar-refractivity contribution in [1.82, 2.24) is 4.98 Å². The molecule has 0 fully saturated rings. The molecule has 1 aromatic heterocycles. The fourth-order valence-corrected chi connectivity index (χ4v) is 3.63. The summed E-state index contributed by atoms with van der Waals surface area (Å²) in [4.78, 5) is 14.0. The molecule has 164 valence electrons. The Kier molecular flexibility index (Phi) is 10.8. The van der Waals surface area contributed by atoms with E-state index >= 15 is 0 Å². The number of hydrogen-bond acceptors (Lipinski definition) is 3. The van der Waals surface area contributed by atoms with Crippen molar-refractivity contribution in [3.63, 3.8) is 0 Å². The summed E-state index contributed by atoms with van der Waals surface area (Å²) >= 11 is 4.55. The van der Waals surface area contributed by atoms with E-state index in [9.17, 15) is 0 Å². The SMILES string of the molecule is Cc1cc(C)c(N=Cc2cccc(C=Nc3c(C)cc(C)cc3C)n2)c(C)c1.[I][Fe][I]. The first kappa shape index (κ1) is 26.2. The summed E-state index contributed by atoms with van der Waals surface area (Å²) in [6, 6.07) is 14.5. The van der Waals surface area contributed by atoms with Gasteiger partial charge in [-0.2, -0.15) is 0 Å². The predicted molar refractivity (Wildman–Crippen MR) is 148 cm³/mol. The summed E-state index contributed by atoms with van der Waals surface area (Å²) in [6.07, 6.45) is 3.65. The molecule has 0 radical (unpaired) electrons. The maximum atomic E-state index is 4.68. The number of benzene rings is 2. The number of hydrogen-bond donors (Lipinski definition) is 0. The van der Waals surface area contributed by atoms with Gasteiger partial charge < -0.3 is 0 Å². The second kappa shape index (κ2) is 12.8. The molecule has 0 bridgehead atoms. The van der Waals surface area contributed by atoms with Gasteiger partial charge in [-0.1, -0.05) is 41.5 Å². The minimum atomic E-state index is 0.820. The molecular weight excluding hydrogens is 652 g/mol. The van der Waals surface area contributed by atoms with Gasteiger partial charge in [-0.05, 0) is 75.9 Å². The Morgan fingerprint density at radius 3 is 1.32 bits per heavy atom. The zero-order chi connectivity index (χ0) is 23.0. The Balaban J connectivity index is 0.00000107. The molecule has 0 aliphatic carbocycles. The summed E-state index contributed by atoms with van der Waals surface area (Å²) in [5.74, 6) is 0. The van der Waals surface area contributed by atoms with Crippen molar-refractivity contribution in [3.8, 4) is 0 Å². The monoisotopic (exact) mass is 679 g/mol.